The molecule has 4 heteroatoms. The Hall–Kier alpha value is -1.55. The van der Waals surface area contributed by atoms with Crippen LogP contribution in [-0.4, -0.2) is 43.2 Å². The topological polar surface area (TPSA) is 38.8 Å². The molecule has 0 spiro atoms. The highest BCUT2D eigenvalue weighted by Crippen LogP contribution is 2.15. The molecule has 1 aromatic rings. The average Bonchev–Trinajstić information content (AvgIpc) is 2.98. The van der Waals surface area contributed by atoms with Gasteiger partial charge in [-0.2, -0.15) is 0 Å². The predicted molar refractivity (Wildman–Crippen MR) is 87.3 cm³/mol. The molecule has 0 saturated carbocycles. The quantitative estimate of drug-likeness (QED) is 0.724. The van der Waals surface area contributed by atoms with Crippen LogP contribution in [0, 0.1) is 5.92 Å². The molecule has 2 rings (SSSR count). The summed E-state index contributed by atoms with van der Waals surface area (Å²) in [5, 5.41) is 0. The molecule has 22 heavy (non-hydrogen) atoms. The van der Waals surface area contributed by atoms with E-state index in [4.69, 9.17) is 9.47 Å². The van der Waals surface area contributed by atoms with Crippen LogP contribution in [0.15, 0.2) is 24.3 Å². The van der Waals surface area contributed by atoms with Gasteiger partial charge in [-0.3, -0.25) is 0 Å². The van der Waals surface area contributed by atoms with Gasteiger partial charge in [-0.05, 0) is 64.0 Å². The molecule has 4 nitrogen and oxygen atoms in total. The van der Waals surface area contributed by atoms with Crippen molar-refractivity contribution in [2.45, 2.75) is 39.7 Å². The maximum absolute atomic E-state index is 12.0. The normalized spacial score (nSPS) is 16.7. The van der Waals surface area contributed by atoms with E-state index in [9.17, 15) is 4.79 Å². The summed E-state index contributed by atoms with van der Waals surface area (Å²) in [6, 6.07) is 7.13. The summed E-state index contributed by atoms with van der Waals surface area (Å²) in [4.78, 5) is 14.5. The van der Waals surface area contributed by atoms with Gasteiger partial charge in [-0.25, -0.2) is 4.79 Å². The second-order valence-electron chi connectivity index (χ2n) is 6.40. The van der Waals surface area contributed by atoms with Crippen LogP contribution in [0.4, 0.5) is 0 Å². The lowest BCUT2D eigenvalue weighted by Gasteiger charge is -2.20. The maximum Gasteiger partial charge on any atom is 0.338 e. The van der Waals surface area contributed by atoms with Gasteiger partial charge in [-0.1, -0.05) is 6.92 Å². The van der Waals surface area contributed by atoms with Crippen molar-refractivity contribution >= 4 is 5.97 Å². The summed E-state index contributed by atoms with van der Waals surface area (Å²) in [6.45, 7) is 9.91. The number of rotatable bonds is 7. The Morgan fingerprint density at radius 1 is 1.14 bits per heavy atom. The highest BCUT2D eigenvalue weighted by Gasteiger charge is 2.16. The third-order valence-corrected chi connectivity index (χ3v) is 3.73. The number of benzene rings is 1. The number of hydrogen-bond acceptors (Lipinski definition) is 4. The van der Waals surface area contributed by atoms with E-state index in [1.807, 2.05) is 26.0 Å². The Morgan fingerprint density at radius 2 is 1.77 bits per heavy atom. The molecule has 0 bridgehead atoms. The van der Waals surface area contributed by atoms with Crippen molar-refractivity contribution in [1.29, 1.82) is 0 Å². The molecule has 1 atom stereocenters. The maximum atomic E-state index is 12.0. The Kier molecular flexibility index (Phi) is 6.25. The van der Waals surface area contributed by atoms with Gasteiger partial charge in [0, 0.05) is 12.5 Å². The van der Waals surface area contributed by atoms with Gasteiger partial charge in [0.25, 0.3) is 0 Å². The molecule has 0 N–H and O–H groups in total. The number of carbonyl (C=O) groups is 1. The summed E-state index contributed by atoms with van der Waals surface area (Å²) in [7, 11) is 0. The summed E-state index contributed by atoms with van der Waals surface area (Å²) >= 11 is 0. The second-order valence-corrected chi connectivity index (χ2v) is 6.40. The van der Waals surface area contributed by atoms with Crippen LogP contribution in [0.25, 0.3) is 0 Å². The average molecular weight is 305 g/mol. The first-order chi connectivity index (χ1) is 10.5. The zero-order valence-corrected chi connectivity index (χ0v) is 13.9. The zero-order chi connectivity index (χ0) is 15.9. The molecule has 1 saturated heterocycles. The van der Waals surface area contributed by atoms with E-state index in [2.05, 4.69) is 11.8 Å². The van der Waals surface area contributed by atoms with Crippen LogP contribution in [0.5, 0.6) is 5.75 Å². The van der Waals surface area contributed by atoms with Crippen molar-refractivity contribution in [1.82, 2.24) is 4.90 Å². The van der Waals surface area contributed by atoms with E-state index in [1.165, 1.54) is 25.9 Å². The van der Waals surface area contributed by atoms with Gasteiger partial charge in [0.2, 0.25) is 0 Å². The molecule has 0 aliphatic carbocycles. The Labute approximate surface area is 133 Å². The predicted octanol–water partition coefficient (Wildman–Crippen LogP) is 3.36. The van der Waals surface area contributed by atoms with Crippen LogP contribution in [-0.2, 0) is 4.74 Å². The van der Waals surface area contributed by atoms with Crippen molar-refractivity contribution in [2.75, 3.05) is 26.2 Å². The van der Waals surface area contributed by atoms with Gasteiger partial charge in [0.05, 0.1) is 18.3 Å². The van der Waals surface area contributed by atoms with Gasteiger partial charge in [0.15, 0.2) is 0 Å². The number of ether oxygens (including phenoxy) is 2. The number of likely N-dealkylation sites (tertiary alicyclic amines) is 1. The second kappa shape index (κ2) is 8.18. The third kappa shape index (κ3) is 5.34. The van der Waals surface area contributed by atoms with Crippen LogP contribution < -0.4 is 4.74 Å². The first-order valence-electron chi connectivity index (χ1n) is 8.21. The van der Waals surface area contributed by atoms with E-state index in [-0.39, 0.29) is 12.1 Å². The number of hydrogen-bond donors (Lipinski definition) is 0. The minimum Gasteiger partial charge on any atom is -0.491 e. The van der Waals surface area contributed by atoms with Crippen LogP contribution in [0.3, 0.4) is 0 Å². The van der Waals surface area contributed by atoms with Crippen molar-refractivity contribution in [2.24, 2.45) is 5.92 Å². The number of nitrogens with zero attached hydrogens (tertiary/aromatic N) is 1. The lowest BCUT2D eigenvalue weighted by atomic mass is 10.2. The molecule has 1 heterocycles. The lowest BCUT2D eigenvalue weighted by molar-refractivity contribution is 0.0427. The summed E-state index contributed by atoms with van der Waals surface area (Å²) < 4.78 is 11.0. The minimum absolute atomic E-state index is 0.129. The van der Waals surface area contributed by atoms with Gasteiger partial charge in [-0.15, -0.1) is 0 Å². The molecule has 0 unspecified atom stereocenters. The van der Waals surface area contributed by atoms with Crippen LogP contribution in [0.2, 0.25) is 0 Å². The summed E-state index contributed by atoms with van der Waals surface area (Å²) in [5.41, 5.74) is 0.574. The highest BCUT2D eigenvalue weighted by molar-refractivity contribution is 5.89. The molecular weight excluding hydrogens is 278 g/mol. The van der Waals surface area contributed by atoms with E-state index in [1.54, 1.807) is 12.1 Å². The fourth-order valence-corrected chi connectivity index (χ4v) is 2.70. The Morgan fingerprint density at radius 3 is 2.36 bits per heavy atom. The Bertz CT molecular complexity index is 464. The molecule has 1 aromatic carbocycles. The minimum atomic E-state index is -0.260. The van der Waals surface area contributed by atoms with E-state index in [0.717, 1.165) is 12.3 Å². The van der Waals surface area contributed by atoms with E-state index < -0.39 is 0 Å². The van der Waals surface area contributed by atoms with Crippen molar-refractivity contribution in [3.63, 3.8) is 0 Å². The molecule has 0 amide bonds. The SMILES string of the molecule is CC(C)Oc1ccc(C(=O)OC[C@H](C)CN2CCCC2)cc1. The van der Waals surface area contributed by atoms with Crippen LogP contribution in [0.1, 0.15) is 44.0 Å². The van der Waals surface area contributed by atoms with Crippen molar-refractivity contribution < 1.29 is 14.3 Å². The third-order valence-electron chi connectivity index (χ3n) is 3.73. The standard InChI is InChI=1S/C18H27NO3/c1-14(2)22-17-8-6-16(7-9-17)18(20)21-13-15(3)12-19-10-4-5-11-19/h6-9,14-15H,4-5,10-13H2,1-3H3/t15-/m1/s1. The molecule has 1 fully saturated rings. The Balaban J connectivity index is 1.76. The van der Waals surface area contributed by atoms with Gasteiger partial charge >= 0.3 is 5.97 Å². The van der Waals surface area contributed by atoms with E-state index in [0.29, 0.717) is 18.1 Å². The fraction of sp³-hybridized carbons (Fsp3) is 0.611. The van der Waals surface area contributed by atoms with Crippen molar-refractivity contribution in [3.05, 3.63) is 29.8 Å². The summed E-state index contributed by atoms with van der Waals surface area (Å²) in [6.07, 6.45) is 2.71. The molecule has 1 aliphatic rings. The largest absolute Gasteiger partial charge is 0.491 e. The van der Waals surface area contributed by atoms with Crippen LogP contribution >= 0.6 is 0 Å². The molecule has 1 aliphatic heterocycles. The monoisotopic (exact) mass is 305 g/mol. The molecule has 0 radical (unpaired) electrons. The van der Waals surface area contributed by atoms with Gasteiger partial charge < -0.3 is 14.4 Å². The number of esters is 1. The first kappa shape index (κ1) is 16.8. The zero-order valence-electron chi connectivity index (χ0n) is 13.9. The molecule has 0 aromatic heterocycles. The summed E-state index contributed by atoms with van der Waals surface area (Å²) in [5.74, 6) is 0.879. The molecule has 122 valence electrons. The number of carbonyl (C=O) groups excluding carboxylic acids is 1. The van der Waals surface area contributed by atoms with Gasteiger partial charge in [0.1, 0.15) is 5.75 Å². The fourth-order valence-electron chi connectivity index (χ4n) is 2.70. The first-order valence-corrected chi connectivity index (χ1v) is 8.21. The lowest BCUT2D eigenvalue weighted by Crippen LogP contribution is -2.28. The molecular formula is C18H27NO3. The smallest absolute Gasteiger partial charge is 0.338 e. The van der Waals surface area contributed by atoms with E-state index >= 15 is 0 Å². The van der Waals surface area contributed by atoms with Crippen molar-refractivity contribution in [3.8, 4) is 5.75 Å². The highest BCUT2D eigenvalue weighted by atomic mass is 16.5.